The zero-order valence-corrected chi connectivity index (χ0v) is 15.4. The second-order valence-electron chi connectivity index (χ2n) is 8.17. The Bertz CT molecular complexity index is 781. The van der Waals surface area contributed by atoms with Gasteiger partial charge in [0.2, 0.25) is 5.91 Å². The number of fused-ring (bicyclic) bond motifs is 3. The van der Waals surface area contributed by atoms with Gasteiger partial charge in [-0.15, -0.1) is 0 Å². The third-order valence-electron chi connectivity index (χ3n) is 5.85. The van der Waals surface area contributed by atoms with Gasteiger partial charge in [0, 0.05) is 29.1 Å². The molecule has 0 spiro atoms. The molecular formula is C21H28N2O2. The highest BCUT2D eigenvalue weighted by Crippen LogP contribution is 2.30. The number of amides is 1. The zero-order valence-electron chi connectivity index (χ0n) is 15.4. The summed E-state index contributed by atoms with van der Waals surface area (Å²) in [5, 5.41) is 7.95. The molecule has 4 heteroatoms. The van der Waals surface area contributed by atoms with E-state index in [4.69, 9.17) is 4.42 Å². The standard InChI is InChI=1S/C21H28N2O2/c1-12(2)18-10-19-14(11-25-20(19)6-13(18)3)7-21(24)23-17-8-15-4-5-16(9-17)22-15/h6,10-12,15-17,22H,4-5,7-9H2,1-3H3,(H,23,24). The Morgan fingerprint density at radius 1 is 1.28 bits per heavy atom. The molecule has 4 nitrogen and oxygen atoms in total. The Morgan fingerprint density at radius 2 is 2.00 bits per heavy atom. The number of furan rings is 1. The lowest BCUT2D eigenvalue weighted by molar-refractivity contribution is -0.121. The predicted molar refractivity (Wildman–Crippen MR) is 99.9 cm³/mol. The molecule has 3 heterocycles. The summed E-state index contributed by atoms with van der Waals surface area (Å²) in [4.78, 5) is 12.6. The number of hydrogen-bond donors (Lipinski definition) is 2. The van der Waals surface area contributed by atoms with E-state index in [-0.39, 0.29) is 5.91 Å². The van der Waals surface area contributed by atoms with Gasteiger partial charge in [0.15, 0.2) is 0 Å². The lowest BCUT2D eigenvalue weighted by Gasteiger charge is -2.29. The average Bonchev–Trinajstić information content (AvgIpc) is 3.09. The van der Waals surface area contributed by atoms with Crippen molar-refractivity contribution in [2.45, 2.75) is 76.9 Å². The van der Waals surface area contributed by atoms with Crippen molar-refractivity contribution in [1.82, 2.24) is 10.6 Å². The van der Waals surface area contributed by atoms with Crippen LogP contribution in [0.3, 0.4) is 0 Å². The average molecular weight is 340 g/mol. The molecule has 2 aliphatic heterocycles. The summed E-state index contributed by atoms with van der Waals surface area (Å²) >= 11 is 0. The van der Waals surface area contributed by atoms with Crippen LogP contribution in [0.4, 0.5) is 0 Å². The van der Waals surface area contributed by atoms with Crippen molar-refractivity contribution in [1.29, 1.82) is 0 Å². The van der Waals surface area contributed by atoms with E-state index in [0.717, 1.165) is 29.4 Å². The molecule has 2 fully saturated rings. The second kappa shape index (κ2) is 6.49. The van der Waals surface area contributed by atoms with Crippen molar-refractivity contribution in [3.63, 3.8) is 0 Å². The van der Waals surface area contributed by atoms with Crippen LogP contribution in [0, 0.1) is 6.92 Å². The van der Waals surface area contributed by atoms with Gasteiger partial charge in [-0.05, 0) is 61.8 Å². The first-order valence-electron chi connectivity index (χ1n) is 9.55. The van der Waals surface area contributed by atoms with Crippen LogP contribution in [0.1, 0.15) is 62.1 Å². The number of benzene rings is 1. The van der Waals surface area contributed by atoms with Gasteiger partial charge < -0.3 is 15.1 Å². The van der Waals surface area contributed by atoms with Crippen LogP contribution in [-0.4, -0.2) is 24.0 Å². The SMILES string of the molecule is Cc1cc2occ(CC(=O)NC3CC4CCC(C3)N4)c2cc1C(C)C. The van der Waals surface area contributed by atoms with Gasteiger partial charge in [-0.3, -0.25) is 4.79 Å². The maximum absolute atomic E-state index is 12.6. The number of hydrogen-bond acceptors (Lipinski definition) is 3. The summed E-state index contributed by atoms with van der Waals surface area (Å²) in [5.41, 5.74) is 4.44. The van der Waals surface area contributed by atoms with E-state index in [1.165, 1.54) is 24.0 Å². The maximum atomic E-state index is 12.6. The van der Waals surface area contributed by atoms with Crippen LogP contribution in [0.15, 0.2) is 22.8 Å². The fourth-order valence-corrected chi connectivity index (χ4v) is 4.63. The maximum Gasteiger partial charge on any atom is 0.224 e. The zero-order chi connectivity index (χ0) is 17.6. The first-order valence-corrected chi connectivity index (χ1v) is 9.55. The molecule has 25 heavy (non-hydrogen) atoms. The van der Waals surface area contributed by atoms with E-state index >= 15 is 0 Å². The first-order chi connectivity index (χ1) is 12.0. The number of carbonyl (C=O) groups is 1. The van der Waals surface area contributed by atoms with Crippen molar-refractivity contribution in [3.8, 4) is 0 Å². The summed E-state index contributed by atoms with van der Waals surface area (Å²) in [6.07, 6.45) is 6.77. The van der Waals surface area contributed by atoms with Crippen molar-refractivity contribution >= 4 is 16.9 Å². The minimum Gasteiger partial charge on any atom is -0.464 e. The Hall–Kier alpha value is -1.81. The largest absolute Gasteiger partial charge is 0.464 e. The van der Waals surface area contributed by atoms with Crippen LogP contribution in [0.5, 0.6) is 0 Å². The van der Waals surface area contributed by atoms with Crippen LogP contribution < -0.4 is 10.6 Å². The van der Waals surface area contributed by atoms with Crippen LogP contribution in [0.2, 0.25) is 0 Å². The highest BCUT2D eigenvalue weighted by molar-refractivity contribution is 5.88. The van der Waals surface area contributed by atoms with E-state index in [2.05, 4.69) is 43.5 Å². The predicted octanol–water partition coefficient (Wildman–Crippen LogP) is 3.81. The molecule has 1 aromatic carbocycles. The van der Waals surface area contributed by atoms with Crippen molar-refractivity contribution in [3.05, 3.63) is 35.1 Å². The number of carbonyl (C=O) groups excluding carboxylic acids is 1. The Balaban J connectivity index is 1.48. The molecule has 4 rings (SSSR count). The summed E-state index contributed by atoms with van der Waals surface area (Å²) in [5.74, 6) is 0.576. The summed E-state index contributed by atoms with van der Waals surface area (Å²) in [6, 6.07) is 5.80. The van der Waals surface area contributed by atoms with E-state index < -0.39 is 0 Å². The van der Waals surface area contributed by atoms with E-state index in [1.54, 1.807) is 6.26 Å². The summed E-state index contributed by atoms with van der Waals surface area (Å²) in [6.45, 7) is 6.52. The molecule has 1 aromatic heterocycles. The highest BCUT2D eigenvalue weighted by atomic mass is 16.3. The number of aryl methyl sites for hydroxylation is 1. The van der Waals surface area contributed by atoms with Crippen molar-refractivity contribution in [2.75, 3.05) is 0 Å². The van der Waals surface area contributed by atoms with Gasteiger partial charge in [-0.1, -0.05) is 13.8 Å². The van der Waals surface area contributed by atoms with Gasteiger partial charge in [-0.2, -0.15) is 0 Å². The van der Waals surface area contributed by atoms with Crippen LogP contribution in [0.25, 0.3) is 11.0 Å². The monoisotopic (exact) mass is 340 g/mol. The third kappa shape index (κ3) is 3.32. The fourth-order valence-electron chi connectivity index (χ4n) is 4.63. The molecule has 2 atom stereocenters. The molecule has 134 valence electrons. The lowest BCUT2D eigenvalue weighted by atomic mass is 9.95. The Morgan fingerprint density at radius 3 is 2.68 bits per heavy atom. The van der Waals surface area contributed by atoms with Gasteiger partial charge in [0.25, 0.3) is 0 Å². The van der Waals surface area contributed by atoms with Crippen LogP contribution >= 0.6 is 0 Å². The van der Waals surface area contributed by atoms with E-state index in [9.17, 15) is 4.79 Å². The Labute approximate surface area is 149 Å². The molecule has 2 aliphatic rings. The highest BCUT2D eigenvalue weighted by Gasteiger charge is 2.34. The van der Waals surface area contributed by atoms with Crippen LogP contribution in [-0.2, 0) is 11.2 Å². The minimum absolute atomic E-state index is 0.112. The molecule has 0 saturated carbocycles. The summed E-state index contributed by atoms with van der Waals surface area (Å²) in [7, 11) is 0. The molecule has 0 aliphatic carbocycles. The molecule has 2 aromatic rings. The Kier molecular flexibility index (Phi) is 4.32. The summed E-state index contributed by atoms with van der Waals surface area (Å²) < 4.78 is 5.71. The lowest BCUT2D eigenvalue weighted by Crippen LogP contribution is -2.48. The van der Waals surface area contributed by atoms with Gasteiger partial charge in [0.05, 0.1) is 12.7 Å². The number of rotatable bonds is 4. The van der Waals surface area contributed by atoms with Gasteiger partial charge in [-0.25, -0.2) is 0 Å². The molecule has 2 bridgehead atoms. The number of piperidine rings is 1. The minimum atomic E-state index is 0.112. The van der Waals surface area contributed by atoms with E-state index in [1.807, 2.05) is 0 Å². The third-order valence-corrected chi connectivity index (χ3v) is 5.85. The fraction of sp³-hybridized carbons (Fsp3) is 0.571. The molecule has 2 N–H and O–H groups in total. The first kappa shape index (κ1) is 16.6. The molecular weight excluding hydrogens is 312 g/mol. The van der Waals surface area contributed by atoms with Crippen molar-refractivity contribution in [2.24, 2.45) is 0 Å². The van der Waals surface area contributed by atoms with Gasteiger partial charge >= 0.3 is 0 Å². The van der Waals surface area contributed by atoms with E-state index in [0.29, 0.717) is 30.5 Å². The second-order valence-corrected chi connectivity index (χ2v) is 8.17. The molecule has 1 amide bonds. The smallest absolute Gasteiger partial charge is 0.224 e. The topological polar surface area (TPSA) is 54.3 Å². The van der Waals surface area contributed by atoms with Crippen molar-refractivity contribution < 1.29 is 9.21 Å². The molecule has 0 radical (unpaired) electrons. The molecule has 2 unspecified atom stereocenters. The normalized spacial score (nSPS) is 25.7. The number of nitrogens with one attached hydrogen (secondary N) is 2. The van der Waals surface area contributed by atoms with Gasteiger partial charge in [0.1, 0.15) is 5.58 Å². The molecule has 2 saturated heterocycles. The quantitative estimate of drug-likeness (QED) is 0.890.